The van der Waals surface area contributed by atoms with Crippen LogP contribution in [0.5, 0.6) is 0 Å². The Morgan fingerprint density at radius 1 is 1.16 bits per heavy atom. The minimum Gasteiger partial charge on any atom is -0.444 e. The van der Waals surface area contributed by atoms with E-state index in [1.54, 1.807) is 52.0 Å². The lowest BCUT2D eigenvalue weighted by molar-refractivity contribution is -0.139. The molecule has 0 saturated heterocycles. The van der Waals surface area contributed by atoms with Crippen molar-refractivity contribution in [3.8, 4) is 12.5 Å². The lowest BCUT2D eigenvalue weighted by Crippen LogP contribution is -2.54. The van der Waals surface area contributed by atoms with Gasteiger partial charge in [-0.2, -0.15) is 0 Å². The smallest absolute Gasteiger partial charge is 0.408 e. The number of amides is 3. The van der Waals surface area contributed by atoms with Gasteiger partial charge in [-0.1, -0.05) is 30.7 Å². The summed E-state index contributed by atoms with van der Waals surface area (Å²) in [6, 6.07) is 6.75. The molecule has 1 rings (SSSR count). The molecule has 1 aromatic rings. The number of alkyl carbamates (subject to hydrolysis) is 1. The maximum Gasteiger partial charge on any atom is 0.408 e. The third-order valence-corrected chi connectivity index (χ3v) is 4.04. The molecule has 2 atom stereocenters. The summed E-state index contributed by atoms with van der Waals surface area (Å²) >= 11 is 0. The van der Waals surface area contributed by atoms with Crippen molar-refractivity contribution in [3.05, 3.63) is 35.4 Å². The van der Waals surface area contributed by atoms with Gasteiger partial charge in [0.15, 0.2) is 0 Å². The number of hydrogen-bond donors (Lipinski definition) is 3. The summed E-state index contributed by atoms with van der Waals surface area (Å²) in [7, 11) is 0. The van der Waals surface area contributed by atoms with Crippen molar-refractivity contribution in [1.82, 2.24) is 15.5 Å². The highest BCUT2D eigenvalue weighted by molar-refractivity contribution is 5.93. The van der Waals surface area contributed by atoms with Crippen LogP contribution in [0.1, 0.15) is 58.7 Å². The van der Waals surface area contributed by atoms with Gasteiger partial charge in [-0.25, -0.2) is 4.79 Å². The van der Waals surface area contributed by atoms with Crippen LogP contribution in [0, 0.1) is 19.4 Å². The van der Waals surface area contributed by atoms with Gasteiger partial charge in [0.1, 0.15) is 17.7 Å². The number of nitrogens with one attached hydrogen (secondary N) is 2. The molecule has 0 radical (unpaired) electrons. The molecule has 170 valence electrons. The van der Waals surface area contributed by atoms with Gasteiger partial charge in [-0.05, 0) is 59.6 Å². The number of rotatable bonds is 6. The van der Waals surface area contributed by atoms with Crippen molar-refractivity contribution in [2.75, 3.05) is 6.61 Å². The van der Waals surface area contributed by atoms with Crippen molar-refractivity contribution >= 4 is 17.9 Å². The van der Waals surface area contributed by atoms with E-state index in [2.05, 4.69) is 16.7 Å². The Morgan fingerprint density at radius 2 is 1.74 bits per heavy atom. The highest BCUT2D eigenvalue weighted by atomic mass is 16.6. The summed E-state index contributed by atoms with van der Waals surface area (Å²) in [6.07, 6.45) is 4.75. The normalized spacial score (nSPS) is 13.4. The predicted molar refractivity (Wildman–Crippen MR) is 118 cm³/mol. The molecular weight excluding hydrogens is 398 g/mol. The molecule has 3 amide bonds. The van der Waals surface area contributed by atoms with Gasteiger partial charge in [-0.15, -0.1) is 0 Å². The minimum atomic E-state index is -1.39. The Labute approximate surface area is 184 Å². The second-order valence-electron chi connectivity index (χ2n) is 9.22. The number of aliphatic hydroxyl groups excluding tert-OH is 1. The quantitative estimate of drug-likeness (QED) is 0.473. The van der Waals surface area contributed by atoms with E-state index in [1.807, 2.05) is 20.8 Å². The number of carbonyl (C=O) groups excluding carboxylic acids is 3. The van der Waals surface area contributed by atoms with Gasteiger partial charge in [0, 0.05) is 11.6 Å². The molecule has 3 N–H and O–H groups in total. The van der Waals surface area contributed by atoms with E-state index in [0.717, 1.165) is 10.5 Å². The van der Waals surface area contributed by atoms with Gasteiger partial charge in [0.05, 0.1) is 6.61 Å². The highest BCUT2D eigenvalue weighted by Gasteiger charge is 2.37. The number of ether oxygens (including phenoxy) is 1. The van der Waals surface area contributed by atoms with E-state index in [0.29, 0.717) is 5.56 Å². The largest absolute Gasteiger partial charge is 0.444 e. The average Bonchev–Trinajstić information content (AvgIpc) is 2.61. The first-order chi connectivity index (χ1) is 14.2. The Hall–Kier alpha value is -3.05. The lowest BCUT2D eigenvalue weighted by Gasteiger charge is -2.32. The van der Waals surface area contributed by atoms with Crippen molar-refractivity contribution in [1.29, 1.82) is 0 Å². The zero-order valence-electron chi connectivity index (χ0n) is 19.3. The molecule has 0 aliphatic carbocycles. The molecule has 0 aliphatic heterocycles. The van der Waals surface area contributed by atoms with Crippen LogP contribution in [0.2, 0.25) is 0 Å². The van der Waals surface area contributed by atoms with Gasteiger partial charge >= 0.3 is 6.09 Å². The number of nitrogens with zero attached hydrogens (tertiary/aromatic N) is 1. The zero-order valence-corrected chi connectivity index (χ0v) is 19.3. The molecule has 0 bridgehead atoms. The van der Waals surface area contributed by atoms with Crippen molar-refractivity contribution in [2.45, 2.75) is 71.7 Å². The van der Waals surface area contributed by atoms with Crippen LogP contribution < -0.4 is 10.6 Å². The first kappa shape index (κ1) is 26.0. The Balaban J connectivity index is 3.32. The average molecular weight is 432 g/mol. The Kier molecular flexibility index (Phi) is 8.64. The van der Waals surface area contributed by atoms with Gasteiger partial charge in [-0.3, -0.25) is 14.5 Å². The van der Waals surface area contributed by atoms with Crippen LogP contribution >= 0.6 is 0 Å². The number of carbonyl (C=O) groups is 3. The van der Waals surface area contributed by atoms with Gasteiger partial charge < -0.3 is 20.5 Å². The molecule has 0 heterocycles. The van der Waals surface area contributed by atoms with Crippen molar-refractivity contribution in [2.24, 2.45) is 0 Å². The lowest BCUT2D eigenvalue weighted by atomic mass is 9.97. The third-order valence-electron chi connectivity index (χ3n) is 4.04. The maximum absolute atomic E-state index is 13.2. The molecule has 0 aliphatic rings. The molecule has 8 nitrogen and oxygen atoms in total. The topological polar surface area (TPSA) is 108 Å². The molecule has 8 heteroatoms. The fourth-order valence-corrected chi connectivity index (χ4v) is 2.80. The van der Waals surface area contributed by atoms with E-state index in [4.69, 9.17) is 11.2 Å². The predicted octanol–water partition coefficient (Wildman–Crippen LogP) is 2.26. The van der Waals surface area contributed by atoms with Crippen LogP contribution in [0.3, 0.4) is 0 Å². The highest BCUT2D eigenvalue weighted by Crippen LogP contribution is 2.25. The van der Waals surface area contributed by atoms with E-state index in [1.165, 1.54) is 0 Å². The fraction of sp³-hybridized carbons (Fsp3) is 0.522. The molecule has 0 aromatic heterocycles. The summed E-state index contributed by atoms with van der Waals surface area (Å²) in [5.74, 6) is -1.30. The van der Waals surface area contributed by atoms with Gasteiger partial charge in [0.25, 0.3) is 5.91 Å². The molecular formula is C23H33N3O5. The number of aryl methyl sites for hydroxylation is 1. The SMILES string of the molecule is C#CN(C(=O)C(CO)NC(=O)OC(C)(C)C)C(C(=O)NC(C)(C)C)c1ccccc1C. The first-order valence-corrected chi connectivity index (χ1v) is 9.97. The van der Waals surface area contributed by atoms with Crippen LogP contribution in [0.25, 0.3) is 0 Å². The van der Waals surface area contributed by atoms with E-state index >= 15 is 0 Å². The minimum absolute atomic E-state index is 0.484. The molecule has 0 spiro atoms. The summed E-state index contributed by atoms with van der Waals surface area (Å²) < 4.78 is 5.15. The summed E-state index contributed by atoms with van der Waals surface area (Å²) in [6.45, 7) is 11.5. The first-order valence-electron chi connectivity index (χ1n) is 9.97. The second-order valence-corrected chi connectivity index (χ2v) is 9.22. The zero-order chi connectivity index (χ0) is 24.0. The van der Waals surface area contributed by atoms with E-state index < -0.39 is 47.7 Å². The molecule has 1 aromatic carbocycles. The van der Waals surface area contributed by atoms with Crippen LogP contribution in [0.4, 0.5) is 4.79 Å². The fourth-order valence-electron chi connectivity index (χ4n) is 2.80. The van der Waals surface area contributed by atoms with E-state index in [-0.39, 0.29) is 0 Å². The number of aliphatic hydroxyl groups is 1. The monoisotopic (exact) mass is 431 g/mol. The van der Waals surface area contributed by atoms with Crippen molar-refractivity contribution in [3.63, 3.8) is 0 Å². The Morgan fingerprint density at radius 3 is 2.19 bits per heavy atom. The number of terminal acetylenes is 1. The number of hydrogen-bond acceptors (Lipinski definition) is 5. The molecule has 0 fully saturated rings. The summed E-state index contributed by atoms with van der Waals surface area (Å²) in [5, 5.41) is 14.9. The van der Waals surface area contributed by atoms with Crippen molar-refractivity contribution < 1.29 is 24.2 Å². The van der Waals surface area contributed by atoms with Crippen LogP contribution in [-0.4, -0.2) is 51.7 Å². The summed E-state index contributed by atoms with van der Waals surface area (Å²) in [5.41, 5.74) is -0.0865. The molecule has 2 unspecified atom stereocenters. The standard InChI is InChI=1S/C23H33N3O5/c1-9-26(20(29)17(14-27)24-21(30)31-23(6,7)8)18(19(28)25-22(3,4)5)16-13-11-10-12-15(16)2/h1,10-13,17-18,27H,14H2,2-8H3,(H,24,30)(H,25,28). The summed E-state index contributed by atoms with van der Waals surface area (Å²) in [4.78, 5) is 39.3. The molecule has 31 heavy (non-hydrogen) atoms. The van der Waals surface area contributed by atoms with Gasteiger partial charge in [0.2, 0.25) is 5.91 Å². The second kappa shape index (κ2) is 10.3. The Bertz CT molecular complexity index is 846. The van der Waals surface area contributed by atoms with Crippen LogP contribution in [0.15, 0.2) is 24.3 Å². The molecule has 0 saturated carbocycles. The third kappa shape index (κ3) is 7.95. The maximum atomic E-state index is 13.2. The number of benzene rings is 1. The van der Waals surface area contributed by atoms with Crippen LogP contribution in [-0.2, 0) is 14.3 Å². The van der Waals surface area contributed by atoms with E-state index in [9.17, 15) is 19.5 Å².